The number of amides is 1. The molecule has 0 radical (unpaired) electrons. The fourth-order valence-corrected chi connectivity index (χ4v) is 6.28. The molecule has 39 heavy (non-hydrogen) atoms. The van der Waals surface area contributed by atoms with Crippen LogP contribution >= 0.6 is 23.2 Å². The van der Waals surface area contributed by atoms with Crippen LogP contribution in [0, 0.1) is 5.82 Å². The van der Waals surface area contributed by atoms with Gasteiger partial charge in [0.1, 0.15) is 11.5 Å². The quantitative estimate of drug-likeness (QED) is 0.300. The van der Waals surface area contributed by atoms with Crippen molar-refractivity contribution in [2.45, 2.75) is 70.0 Å². The standard InChI is InChI=1S/C30H34Cl2FN5O/c1-20(35-30(13-3-2-4-14-30)15-5-6-21-7-10-23(33)11-8-21)37-16-17-38-26(19-37)27(29(34)39)28(36-38)22-9-12-24(31)25(32)18-22/h7-12,18,35H,1-6,13-17,19H2,(H2,34,39). The zero-order valence-electron chi connectivity index (χ0n) is 22.0. The Balaban J connectivity index is 1.31. The number of hydrogen-bond acceptors (Lipinski definition) is 4. The van der Waals surface area contributed by atoms with Crippen LogP contribution in [0.15, 0.2) is 54.9 Å². The highest BCUT2D eigenvalue weighted by atomic mass is 35.5. The summed E-state index contributed by atoms with van der Waals surface area (Å²) in [5.74, 6) is 0.131. The zero-order chi connectivity index (χ0) is 27.6. The van der Waals surface area contributed by atoms with Crippen LogP contribution in [0.25, 0.3) is 11.3 Å². The van der Waals surface area contributed by atoms with Crippen molar-refractivity contribution in [1.82, 2.24) is 20.0 Å². The molecule has 6 nitrogen and oxygen atoms in total. The number of halogens is 3. The molecule has 0 saturated heterocycles. The molecule has 1 amide bonds. The van der Waals surface area contributed by atoms with Gasteiger partial charge in [-0.15, -0.1) is 0 Å². The minimum Gasteiger partial charge on any atom is -0.367 e. The van der Waals surface area contributed by atoms with Crippen LogP contribution in [0.4, 0.5) is 4.39 Å². The number of fused-ring (bicyclic) bond motifs is 1. The molecule has 1 fully saturated rings. The average Bonchev–Trinajstić information content (AvgIpc) is 3.31. The largest absolute Gasteiger partial charge is 0.367 e. The molecule has 3 aromatic rings. The summed E-state index contributed by atoms with van der Waals surface area (Å²) in [6.07, 6.45) is 8.74. The fraction of sp³-hybridized carbons (Fsp3) is 0.400. The maximum absolute atomic E-state index is 13.3. The summed E-state index contributed by atoms with van der Waals surface area (Å²) in [4.78, 5) is 14.8. The minimum absolute atomic E-state index is 0.0230. The van der Waals surface area contributed by atoms with Crippen molar-refractivity contribution in [1.29, 1.82) is 0 Å². The first-order valence-corrected chi connectivity index (χ1v) is 14.3. The lowest BCUT2D eigenvalue weighted by molar-refractivity contribution is 0.0997. The van der Waals surface area contributed by atoms with Crippen molar-refractivity contribution in [2.24, 2.45) is 5.73 Å². The first-order valence-electron chi connectivity index (χ1n) is 13.6. The number of primary amides is 1. The molecule has 5 rings (SSSR count). The van der Waals surface area contributed by atoms with Crippen LogP contribution in [-0.2, 0) is 19.5 Å². The molecule has 1 aliphatic carbocycles. The van der Waals surface area contributed by atoms with Gasteiger partial charge in [-0.05, 0) is 61.9 Å². The van der Waals surface area contributed by atoms with E-state index in [4.69, 9.17) is 34.0 Å². The summed E-state index contributed by atoms with van der Waals surface area (Å²) < 4.78 is 15.2. The Hall–Kier alpha value is -3.03. The Morgan fingerprint density at radius 3 is 2.51 bits per heavy atom. The number of aromatic nitrogens is 2. The van der Waals surface area contributed by atoms with E-state index < -0.39 is 5.91 Å². The van der Waals surface area contributed by atoms with E-state index >= 15 is 0 Å². The molecule has 206 valence electrons. The first kappa shape index (κ1) is 27.5. The van der Waals surface area contributed by atoms with E-state index in [1.165, 1.54) is 31.4 Å². The topological polar surface area (TPSA) is 76.2 Å². The third-order valence-electron chi connectivity index (χ3n) is 8.06. The highest BCUT2D eigenvalue weighted by Gasteiger charge is 2.34. The van der Waals surface area contributed by atoms with Crippen molar-refractivity contribution < 1.29 is 9.18 Å². The van der Waals surface area contributed by atoms with Crippen LogP contribution in [0.3, 0.4) is 0 Å². The summed E-state index contributed by atoms with van der Waals surface area (Å²) in [6.45, 7) is 6.22. The number of aryl methyl sites for hydroxylation is 1. The Labute approximate surface area is 239 Å². The van der Waals surface area contributed by atoms with Crippen LogP contribution < -0.4 is 11.1 Å². The molecular weight excluding hydrogens is 536 g/mol. The van der Waals surface area contributed by atoms with Gasteiger partial charge in [-0.2, -0.15) is 5.10 Å². The lowest BCUT2D eigenvalue weighted by Crippen LogP contribution is -2.50. The third-order valence-corrected chi connectivity index (χ3v) is 8.79. The number of carbonyl (C=O) groups excluding carboxylic acids is 1. The summed E-state index contributed by atoms with van der Waals surface area (Å²) in [5, 5.41) is 9.38. The number of nitrogens with one attached hydrogen (secondary N) is 1. The third kappa shape index (κ3) is 6.10. The number of hydrogen-bond donors (Lipinski definition) is 2. The van der Waals surface area contributed by atoms with Crippen molar-refractivity contribution in [2.75, 3.05) is 6.54 Å². The molecular formula is C30H34Cl2FN5O. The second-order valence-electron chi connectivity index (χ2n) is 10.7. The van der Waals surface area contributed by atoms with Crippen LogP contribution in [0.1, 0.15) is 66.6 Å². The molecule has 1 aliphatic heterocycles. The van der Waals surface area contributed by atoms with Gasteiger partial charge >= 0.3 is 0 Å². The predicted molar refractivity (Wildman–Crippen MR) is 154 cm³/mol. The molecule has 1 aromatic heterocycles. The van der Waals surface area contributed by atoms with Crippen molar-refractivity contribution in [3.05, 3.63) is 87.5 Å². The number of benzene rings is 2. The molecule has 2 aromatic carbocycles. The fourth-order valence-electron chi connectivity index (χ4n) is 5.99. The second kappa shape index (κ2) is 11.6. The van der Waals surface area contributed by atoms with Gasteiger partial charge in [0.2, 0.25) is 0 Å². The number of carbonyl (C=O) groups is 1. The molecule has 0 unspecified atom stereocenters. The van der Waals surface area contributed by atoms with Gasteiger partial charge in [-0.3, -0.25) is 9.48 Å². The highest BCUT2D eigenvalue weighted by Crippen LogP contribution is 2.36. The van der Waals surface area contributed by atoms with Gasteiger partial charge in [0, 0.05) is 17.6 Å². The van der Waals surface area contributed by atoms with Gasteiger partial charge < -0.3 is 16.0 Å². The summed E-state index contributed by atoms with van der Waals surface area (Å²) in [6, 6.07) is 12.0. The van der Waals surface area contributed by atoms with Crippen molar-refractivity contribution in [3.63, 3.8) is 0 Å². The van der Waals surface area contributed by atoms with Gasteiger partial charge in [0.15, 0.2) is 0 Å². The van der Waals surface area contributed by atoms with Crippen molar-refractivity contribution >= 4 is 29.1 Å². The van der Waals surface area contributed by atoms with E-state index in [1.54, 1.807) is 18.2 Å². The summed E-state index contributed by atoms with van der Waals surface area (Å²) in [7, 11) is 0. The van der Waals surface area contributed by atoms with E-state index in [0.717, 1.165) is 49.2 Å². The normalized spacial score (nSPS) is 16.5. The maximum Gasteiger partial charge on any atom is 0.252 e. The second-order valence-corrected chi connectivity index (χ2v) is 11.5. The maximum atomic E-state index is 13.3. The van der Waals surface area contributed by atoms with Crippen LogP contribution in [0.5, 0.6) is 0 Å². The van der Waals surface area contributed by atoms with Gasteiger partial charge in [-0.25, -0.2) is 4.39 Å². The number of nitrogens with two attached hydrogens (primary N) is 1. The average molecular weight is 571 g/mol. The lowest BCUT2D eigenvalue weighted by atomic mass is 9.78. The first-order chi connectivity index (χ1) is 18.7. The van der Waals surface area contributed by atoms with Crippen LogP contribution in [-0.4, -0.2) is 32.7 Å². The predicted octanol–water partition coefficient (Wildman–Crippen LogP) is 6.70. The SMILES string of the molecule is C=C(NC1(CCCc2ccc(F)cc2)CCCCC1)N1CCn2nc(-c3ccc(Cl)c(Cl)c3)c(C(N)=O)c2C1. The van der Waals surface area contributed by atoms with Crippen LogP contribution in [0.2, 0.25) is 10.0 Å². The lowest BCUT2D eigenvalue weighted by Gasteiger charge is -2.43. The number of rotatable bonds is 9. The zero-order valence-corrected chi connectivity index (χ0v) is 23.5. The number of nitrogens with zero attached hydrogens (tertiary/aromatic N) is 3. The highest BCUT2D eigenvalue weighted by molar-refractivity contribution is 6.42. The van der Waals surface area contributed by atoms with E-state index in [9.17, 15) is 9.18 Å². The molecule has 2 heterocycles. The minimum atomic E-state index is -0.526. The summed E-state index contributed by atoms with van der Waals surface area (Å²) in [5.41, 5.74) is 9.38. The van der Waals surface area contributed by atoms with E-state index in [-0.39, 0.29) is 11.4 Å². The van der Waals surface area contributed by atoms with Gasteiger partial charge in [0.25, 0.3) is 5.91 Å². The smallest absolute Gasteiger partial charge is 0.252 e. The Morgan fingerprint density at radius 1 is 1.08 bits per heavy atom. The monoisotopic (exact) mass is 569 g/mol. The van der Waals surface area contributed by atoms with E-state index in [0.29, 0.717) is 46.5 Å². The molecule has 0 atom stereocenters. The van der Waals surface area contributed by atoms with Crippen molar-refractivity contribution in [3.8, 4) is 11.3 Å². The van der Waals surface area contributed by atoms with Gasteiger partial charge in [-0.1, -0.05) is 67.2 Å². The summed E-state index contributed by atoms with van der Waals surface area (Å²) >= 11 is 12.3. The Kier molecular flexibility index (Phi) is 8.19. The molecule has 3 N–H and O–H groups in total. The Bertz CT molecular complexity index is 1360. The Morgan fingerprint density at radius 2 is 1.82 bits per heavy atom. The molecule has 0 spiro atoms. The molecule has 1 saturated carbocycles. The van der Waals surface area contributed by atoms with Gasteiger partial charge in [0.05, 0.1) is 40.2 Å². The molecule has 2 aliphatic rings. The van der Waals surface area contributed by atoms with E-state index in [1.807, 2.05) is 16.8 Å². The van der Waals surface area contributed by atoms with E-state index in [2.05, 4.69) is 16.8 Å². The molecule has 9 heteroatoms. The molecule has 0 bridgehead atoms.